The lowest BCUT2D eigenvalue weighted by Crippen LogP contribution is -2.42. The molecule has 2 aromatic heterocycles. The molecule has 0 fully saturated rings. The molecule has 0 aliphatic carbocycles. The molecule has 198 valence electrons. The van der Waals surface area contributed by atoms with Crippen molar-refractivity contribution in [3.63, 3.8) is 0 Å². The van der Waals surface area contributed by atoms with E-state index in [4.69, 9.17) is 23.2 Å². The quantitative estimate of drug-likeness (QED) is 0.236. The van der Waals surface area contributed by atoms with Crippen LogP contribution in [0, 0.1) is 0 Å². The highest BCUT2D eigenvalue weighted by Gasteiger charge is 2.39. The standard InChI is InChI=1S/C25H23Cl2F2N3O3.C2H6/c1-4-16(26)10-18(24(34)35)14(2)30-22(25(3,28)29)19-11-17(27)13-32-21(33)12-20(31-23(19)32)15-8-6-5-7-9-15;1-2/h4-14,22,30H,1-3H3,(H,34,35);1-2H3/b16-4+,18-10+;. The maximum atomic E-state index is 15.0. The normalized spacial score (nSPS) is 14.1. The van der Waals surface area contributed by atoms with Crippen LogP contribution in [0.3, 0.4) is 0 Å². The average molecular weight is 552 g/mol. The minimum absolute atomic E-state index is 0.0284. The van der Waals surface area contributed by atoms with Crippen molar-refractivity contribution in [2.45, 2.75) is 52.6 Å². The molecular formula is C27H29Cl2F2N3O3. The summed E-state index contributed by atoms with van der Waals surface area (Å²) >= 11 is 12.2. The van der Waals surface area contributed by atoms with Crippen LogP contribution in [0.1, 0.15) is 46.2 Å². The van der Waals surface area contributed by atoms with Gasteiger partial charge in [-0.05, 0) is 26.0 Å². The SMILES string of the molecule is C/C=C(Cl)\C=C(\C(=O)O)C(C)NC(c1cc(Cl)cn2c(=O)cc(-c3ccccc3)nc12)C(C)(F)F.CC. The van der Waals surface area contributed by atoms with Gasteiger partial charge in [0.05, 0.1) is 16.3 Å². The zero-order valence-electron chi connectivity index (χ0n) is 21.1. The topological polar surface area (TPSA) is 83.7 Å². The molecule has 2 N–H and O–H groups in total. The number of rotatable bonds is 8. The number of aliphatic carboxylic acids is 1. The number of alkyl halides is 2. The number of fused-ring (bicyclic) bond motifs is 1. The van der Waals surface area contributed by atoms with Crippen LogP contribution in [0.25, 0.3) is 16.9 Å². The first kappa shape index (κ1) is 30.2. The zero-order valence-corrected chi connectivity index (χ0v) is 22.6. The Hall–Kier alpha value is -3.07. The summed E-state index contributed by atoms with van der Waals surface area (Å²) in [4.78, 5) is 29.2. The minimum atomic E-state index is -3.39. The molecular weight excluding hydrogens is 523 g/mol. The predicted octanol–water partition coefficient (Wildman–Crippen LogP) is 6.87. The summed E-state index contributed by atoms with van der Waals surface area (Å²) in [6.07, 6.45) is 3.97. The monoisotopic (exact) mass is 551 g/mol. The van der Waals surface area contributed by atoms with Crippen LogP contribution < -0.4 is 10.9 Å². The fourth-order valence-corrected chi connectivity index (χ4v) is 3.95. The summed E-state index contributed by atoms with van der Waals surface area (Å²) in [5.41, 5.74) is 0.120. The maximum Gasteiger partial charge on any atom is 0.333 e. The molecule has 0 radical (unpaired) electrons. The van der Waals surface area contributed by atoms with Crippen molar-refractivity contribution < 1.29 is 18.7 Å². The molecule has 0 amide bonds. The van der Waals surface area contributed by atoms with E-state index in [1.807, 2.05) is 13.8 Å². The molecule has 2 atom stereocenters. The first-order valence-corrected chi connectivity index (χ1v) is 12.4. The fourth-order valence-electron chi connectivity index (χ4n) is 3.62. The van der Waals surface area contributed by atoms with E-state index in [0.29, 0.717) is 18.2 Å². The van der Waals surface area contributed by atoms with Gasteiger partial charge in [-0.15, -0.1) is 0 Å². The van der Waals surface area contributed by atoms with Gasteiger partial charge in [-0.25, -0.2) is 18.6 Å². The lowest BCUT2D eigenvalue weighted by Gasteiger charge is -2.29. The Labute approximate surface area is 224 Å². The van der Waals surface area contributed by atoms with Crippen LogP contribution in [0.15, 0.2) is 76.2 Å². The Morgan fingerprint density at radius 1 is 1.22 bits per heavy atom. The van der Waals surface area contributed by atoms with E-state index in [0.717, 1.165) is 4.40 Å². The third-order valence-corrected chi connectivity index (χ3v) is 5.88. The molecule has 3 aromatic rings. The molecule has 3 rings (SSSR count). The van der Waals surface area contributed by atoms with Crippen LogP contribution in [-0.4, -0.2) is 32.4 Å². The molecule has 0 aliphatic heterocycles. The largest absolute Gasteiger partial charge is 0.478 e. The van der Waals surface area contributed by atoms with Gasteiger partial charge in [-0.2, -0.15) is 0 Å². The average Bonchev–Trinajstić information content (AvgIpc) is 2.86. The summed E-state index contributed by atoms with van der Waals surface area (Å²) in [5.74, 6) is -4.71. The summed E-state index contributed by atoms with van der Waals surface area (Å²) < 4.78 is 31.1. The highest BCUT2D eigenvalue weighted by molar-refractivity contribution is 6.31. The Morgan fingerprint density at radius 2 is 1.84 bits per heavy atom. The van der Waals surface area contributed by atoms with Gasteiger partial charge in [0, 0.05) is 41.4 Å². The molecule has 0 saturated heterocycles. The molecule has 2 heterocycles. The molecule has 1 aromatic carbocycles. The number of halogens is 4. The van der Waals surface area contributed by atoms with E-state index in [-0.39, 0.29) is 26.8 Å². The number of carboxylic acid groups (broad SMARTS) is 1. The maximum absolute atomic E-state index is 15.0. The van der Waals surface area contributed by atoms with Crippen molar-refractivity contribution in [3.8, 4) is 11.3 Å². The van der Waals surface area contributed by atoms with E-state index in [9.17, 15) is 23.5 Å². The number of nitrogens with one attached hydrogen (secondary N) is 1. The van der Waals surface area contributed by atoms with Crippen molar-refractivity contribution in [1.82, 2.24) is 14.7 Å². The summed E-state index contributed by atoms with van der Waals surface area (Å²) in [7, 11) is 0. The second-order valence-corrected chi connectivity index (χ2v) is 8.88. The van der Waals surface area contributed by atoms with Gasteiger partial charge < -0.3 is 5.11 Å². The molecule has 10 heteroatoms. The summed E-state index contributed by atoms with van der Waals surface area (Å²) in [6.45, 7) is 7.74. The summed E-state index contributed by atoms with van der Waals surface area (Å²) in [6, 6.07) is 8.62. The molecule has 0 saturated carbocycles. The van der Waals surface area contributed by atoms with Crippen LogP contribution in [0.4, 0.5) is 8.78 Å². The first-order chi connectivity index (χ1) is 17.4. The molecule has 2 unspecified atom stereocenters. The number of benzene rings is 1. The van der Waals surface area contributed by atoms with Crippen LogP contribution in [-0.2, 0) is 4.79 Å². The van der Waals surface area contributed by atoms with E-state index < -0.39 is 29.5 Å². The van der Waals surface area contributed by atoms with Gasteiger partial charge in [0.15, 0.2) is 0 Å². The number of aromatic nitrogens is 2. The van der Waals surface area contributed by atoms with Crippen LogP contribution in [0.2, 0.25) is 5.02 Å². The number of carboxylic acids is 1. The number of pyridine rings is 1. The number of hydrogen-bond donors (Lipinski definition) is 2. The van der Waals surface area contributed by atoms with Crippen LogP contribution in [0.5, 0.6) is 0 Å². The molecule has 0 spiro atoms. The smallest absolute Gasteiger partial charge is 0.333 e. The number of allylic oxidation sites excluding steroid dienone is 3. The van der Waals surface area contributed by atoms with E-state index in [1.54, 1.807) is 37.3 Å². The second-order valence-electron chi connectivity index (χ2n) is 8.01. The Bertz CT molecular complexity index is 1370. The molecule has 0 aliphatic rings. The lowest BCUT2D eigenvalue weighted by atomic mass is 9.99. The number of nitrogens with zero attached hydrogens (tertiary/aromatic N) is 2. The second kappa shape index (κ2) is 12.9. The molecule has 0 bridgehead atoms. The van der Waals surface area contributed by atoms with Gasteiger partial charge in [0.25, 0.3) is 11.5 Å². The minimum Gasteiger partial charge on any atom is -0.478 e. The van der Waals surface area contributed by atoms with Crippen molar-refractivity contribution in [1.29, 1.82) is 0 Å². The predicted molar refractivity (Wildman–Crippen MR) is 145 cm³/mol. The van der Waals surface area contributed by atoms with Crippen molar-refractivity contribution in [3.05, 3.63) is 92.4 Å². The van der Waals surface area contributed by atoms with Gasteiger partial charge in [0.2, 0.25) is 0 Å². The molecule has 37 heavy (non-hydrogen) atoms. The third-order valence-electron chi connectivity index (χ3n) is 5.34. The highest BCUT2D eigenvalue weighted by Crippen LogP contribution is 2.35. The number of hydrogen-bond acceptors (Lipinski definition) is 4. The van der Waals surface area contributed by atoms with Crippen LogP contribution >= 0.6 is 23.2 Å². The highest BCUT2D eigenvalue weighted by atomic mass is 35.5. The van der Waals surface area contributed by atoms with Crippen molar-refractivity contribution >= 4 is 34.8 Å². The summed E-state index contributed by atoms with van der Waals surface area (Å²) in [5, 5.41) is 12.5. The first-order valence-electron chi connectivity index (χ1n) is 11.6. The lowest BCUT2D eigenvalue weighted by molar-refractivity contribution is -0.133. The third kappa shape index (κ3) is 7.47. The Balaban J connectivity index is 0.00000235. The van der Waals surface area contributed by atoms with Crippen molar-refractivity contribution in [2.75, 3.05) is 0 Å². The number of carbonyl (C=O) groups is 1. The zero-order chi connectivity index (χ0) is 27.9. The molecule has 6 nitrogen and oxygen atoms in total. The van der Waals surface area contributed by atoms with Gasteiger partial charge in [0.1, 0.15) is 11.7 Å². The Morgan fingerprint density at radius 3 is 2.38 bits per heavy atom. The van der Waals surface area contributed by atoms with Gasteiger partial charge in [-0.1, -0.05) is 73.5 Å². The Kier molecular flexibility index (Phi) is 10.5. The van der Waals surface area contributed by atoms with E-state index in [1.165, 1.54) is 37.4 Å². The fraction of sp³-hybridized carbons (Fsp3) is 0.296. The van der Waals surface area contributed by atoms with Gasteiger partial charge >= 0.3 is 5.97 Å². The van der Waals surface area contributed by atoms with E-state index in [2.05, 4.69) is 10.3 Å². The van der Waals surface area contributed by atoms with Crippen molar-refractivity contribution in [2.24, 2.45) is 0 Å². The van der Waals surface area contributed by atoms with Gasteiger partial charge in [-0.3, -0.25) is 14.5 Å². The van der Waals surface area contributed by atoms with E-state index >= 15 is 0 Å².